The molecule has 0 radical (unpaired) electrons. The summed E-state index contributed by atoms with van der Waals surface area (Å²) in [5.74, 6) is -2.02. The molecule has 0 spiro atoms. The number of carboxylic acid groups (broad SMARTS) is 1. The third-order valence-corrected chi connectivity index (χ3v) is 3.54. The Hall–Kier alpha value is -2.09. The van der Waals surface area contributed by atoms with Crippen molar-refractivity contribution in [3.05, 3.63) is 24.3 Å². The first-order valence-electron chi connectivity index (χ1n) is 5.87. The van der Waals surface area contributed by atoms with Gasteiger partial charge in [0.1, 0.15) is 0 Å². The molecule has 8 heteroatoms. The average molecular weight is 298 g/mol. The van der Waals surface area contributed by atoms with Gasteiger partial charge in [0.25, 0.3) is 0 Å². The van der Waals surface area contributed by atoms with Gasteiger partial charge < -0.3 is 10.0 Å². The second-order valence-electron chi connectivity index (χ2n) is 4.67. The molecule has 1 aromatic carbocycles. The van der Waals surface area contributed by atoms with Crippen molar-refractivity contribution in [2.24, 2.45) is 5.92 Å². The molecule has 1 atom stereocenters. The summed E-state index contributed by atoms with van der Waals surface area (Å²) in [7, 11) is -3.40. The number of benzene rings is 1. The summed E-state index contributed by atoms with van der Waals surface area (Å²) in [6.07, 6.45) is 0.986. The summed E-state index contributed by atoms with van der Waals surface area (Å²) in [4.78, 5) is 24.1. The molecule has 1 amide bonds. The van der Waals surface area contributed by atoms with Crippen molar-refractivity contribution < 1.29 is 23.1 Å². The Balaban J connectivity index is 2.23. The van der Waals surface area contributed by atoms with E-state index in [4.69, 9.17) is 5.11 Å². The second-order valence-corrected chi connectivity index (χ2v) is 6.42. The van der Waals surface area contributed by atoms with E-state index in [1.54, 1.807) is 18.2 Å². The number of anilines is 2. The minimum Gasteiger partial charge on any atom is -0.481 e. The maximum atomic E-state index is 11.8. The predicted molar refractivity (Wildman–Crippen MR) is 73.0 cm³/mol. The number of nitrogens with zero attached hydrogens (tertiary/aromatic N) is 1. The number of rotatable bonds is 4. The molecule has 0 bridgehead atoms. The molecule has 1 heterocycles. The standard InChI is InChI=1S/C12H14N2O5S/c1-20(18,19)13-9-3-2-4-10(6-9)14-7-8(12(16)17)5-11(14)15/h2-4,6,8,13H,5,7H2,1H3,(H,16,17)/t8-/m1/s1. The number of aliphatic carboxylic acids is 1. The Morgan fingerprint density at radius 1 is 1.45 bits per heavy atom. The van der Waals surface area contributed by atoms with E-state index in [9.17, 15) is 18.0 Å². The van der Waals surface area contributed by atoms with E-state index < -0.39 is 21.9 Å². The molecule has 108 valence electrons. The van der Waals surface area contributed by atoms with Crippen LogP contribution in [0.2, 0.25) is 0 Å². The highest BCUT2D eigenvalue weighted by Crippen LogP contribution is 2.27. The summed E-state index contributed by atoms with van der Waals surface area (Å²) in [6.45, 7) is 0.0937. The van der Waals surface area contributed by atoms with Crippen LogP contribution in [-0.4, -0.2) is 38.2 Å². The summed E-state index contributed by atoms with van der Waals surface area (Å²) < 4.78 is 24.7. The van der Waals surface area contributed by atoms with Crippen LogP contribution in [-0.2, 0) is 19.6 Å². The zero-order valence-corrected chi connectivity index (χ0v) is 11.6. The van der Waals surface area contributed by atoms with Gasteiger partial charge >= 0.3 is 5.97 Å². The summed E-state index contributed by atoms with van der Waals surface area (Å²) >= 11 is 0. The van der Waals surface area contributed by atoms with Crippen molar-refractivity contribution in [1.82, 2.24) is 0 Å². The maximum absolute atomic E-state index is 11.8. The molecule has 7 nitrogen and oxygen atoms in total. The van der Waals surface area contributed by atoms with Crippen molar-refractivity contribution in [3.63, 3.8) is 0 Å². The lowest BCUT2D eigenvalue weighted by Crippen LogP contribution is -2.25. The van der Waals surface area contributed by atoms with Gasteiger partial charge in [0, 0.05) is 18.7 Å². The van der Waals surface area contributed by atoms with E-state index in [0.29, 0.717) is 11.4 Å². The first-order valence-corrected chi connectivity index (χ1v) is 7.76. The number of carbonyl (C=O) groups excluding carboxylic acids is 1. The quantitative estimate of drug-likeness (QED) is 0.842. The Labute approximate surface area is 116 Å². The van der Waals surface area contributed by atoms with E-state index in [1.165, 1.54) is 11.0 Å². The molecule has 1 aliphatic heterocycles. The highest BCUT2D eigenvalue weighted by Gasteiger charge is 2.35. The first kappa shape index (κ1) is 14.3. The van der Waals surface area contributed by atoms with E-state index in [-0.39, 0.29) is 18.9 Å². The first-order chi connectivity index (χ1) is 9.26. The number of hydrogen-bond donors (Lipinski definition) is 2. The van der Waals surface area contributed by atoms with Crippen molar-refractivity contribution in [3.8, 4) is 0 Å². The molecular formula is C12H14N2O5S. The number of hydrogen-bond acceptors (Lipinski definition) is 4. The highest BCUT2D eigenvalue weighted by molar-refractivity contribution is 7.92. The summed E-state index contributed by atoms with van der Waals surface area (Å²) in [6, 6.07) is 6.29. The number of nitrogens with one attached hydrogen (secondary N) is 1. The van der Waals surface area contributed by atoms with Gasteiger partial charge in [0.2, 0.25) is 15.9 Å². The number of carbonyl (C=O) groups is 2. The topological polar surface area (TPSA) is 104 Å². The summed E-state index contributed by atoms with van der Waals surface area (Å²) in [5.41, 5.74) is 0.809. The lowest BCUT2D eigenvalue weighted by Gasteiger charge is -2.17. The molecule has 1 aromatic rings. The fourth-order valence-electron chi connectivity index (χ4n) is 2.07. The Kier molecular flexibility index (Phi) is 3.67. The molecule has 0 aromatic heterocycles. The van der Waals surface area contributed by atoms with Crippen LogP contribution < -0.4 is 9.62 Å². The molecule has 0 unspecified atom stereocenters. The van der Waals surface area contributed by atoms with Crippen LogP contribution in [0.25, 0.3) is 0 Å². The maximum Gasteiger partial charge on any atom is 0.308 e. The molecule has 2 N–H and O–H groups in total. The molecule has 0 aliphatic carbocycles. The fourth-order valence-corrected chi connectivity index (χ4v) is 2.63. The Morgan fingerprint density at radius 2 is 2.15 bits per heavy atom. The van der Waals surface area contributed by atoms with Crippen LogP contribution in [0.4, 0.5) is 11.4 Å². The molecule has 2 rings (SSSR count). The smallest absolute Gasteiger partial charge is 0.308 e. The van der Waals surface area contributed by atoms with Gasteiger partial charge in [0.05, 0.1) is 17.9 Å². The van der Waals surface area contributed by atoms with Crippen molar-refractivity contribution >= 4 is 33.3 Å². The fraction of sp³-hybridized carbons (Fsp3) is 0.333. The largest absolute Gasteiger partial charge is 0.481 e. The van der Waals surface area contributed by atoms with Gasteiger partial charge in [-0.05, 0) is 18.2 Å². The molecule has 0 saturated carbocycles. The zero-order valence-electron chi connectivity index (χ0n) is 10.7. The third kappa shape index (κ3) is 3.27. The predicted octanol–water partition coefficient (Wildman–Crippen LogP) is 0.496. The van der Waals surface area contributed by atoms with Crippen molar-refractivity contribution in [1.29, 1.82) is 0 Å². The number of carboxylic acids is 1. The minimum absolute atomic E-state index is 0.0426. The lowest BCUT2D eigenvalue weighted by atomic mass is 10.1. The number of sulfonamides is 1. The molecule has 1 fully saturated rings. The normalized spacial score (nSPS) is 19.1. The second kappa shape index (κ2) is 5.12. The zero-order chi connectivity index (χ0) is 14.9. The van der Waals surface area contributed by atoms with Crippen LogP contribution in [0.5, 0.6) is 0 Å². The molecule has 1 saturated heterocycles. The third-order valence-electron chi connectivity index (χ3n) is 2.94. The monoisotopic (exact) mass is 298 g/mol. The van der Waals surface area contributed by atoms with E-state index in [1.807, 2.05) is 0 Å². The Morgan fingerprint density at radius 3 is 2.70 bits per heavy atom. The summed E-state index contributed by atoms with van der Waals surface area (Å²) in [5, 5.41) is 8.93. The number of amides is 1. The van der Waals surface area contributed by atoms with E-state index in [0.717, 1.165) is 6.26 Å². The van der Waals surface area contributed by atoms with Gasteiger partial charge in [-0.3, -0.25) is 14.3 Å². The Bertz CT molecular complexity index is 656. The van der Waals surface area contributed by atoms with Crippen molar-refractivity contribution in [2.75, 3.05) is 22.4 Å². The van der Waals surface area contributed by atoms with Crippen LogP contribution in [0.15, 0.2) is 24.3 Å². The SMILES string of the molecule is CS(=O)(=O)Nc1cccc(N2C[C@H](C(=O)O)CC2=O)c1. The van der Waals surface area contributed by atoms with Crippen molar-refractivity contribution in [2.45, 2.75) is 6.42 Å². The van der Waals surface area contributed by atoms with Gasteiger partial charge in [-0.2, -0.15) is 0 Å². The van der Waals surface area contributed by atoms with E-state index >= 15 is 0 Å². The minimum atomic E-state index is -3.40. The molecule has 1 aliphatic rings. The molecule has 20 heavy (non-hydrogen) atoms. The van der Waals surface area contributed by atoms with Crippen LogP contribution >= 0.6 is 0 Å². The van der Waals surface area contributed by atoms with Crippen LogP contribution in [0, 0.1) is 5.92 Å². The van der Waals surface area contributed by atoms with Gasteiger partial charge in [-0.15, -0.1) is 0 Å². The van der Waals surface area contributed by atoms with E-state index in [2.05, 4.69) is 4.72 Å². The average Bonchev–Trinajstić information content (AvgIpc) is 2.69. The van der Waals surface area contributed by atoms with Crippen LogP contribution in [0.3, 0.4) is 0 Å². The van der Waals surface area contributed by atoms with Gasteiger partial charge in [0.15, 0.2) is 0 Å². The van der Waals surface area contributed by atoms with Gasteiger partial charge in [-0.25, -0.2) is 8.42 Å². The highest BCUT2D eigenvalue weighted by atomic mass is 32.2. The van der Waals surface area contributed by atoms with Gasteiger partial charge in [-0.1, -0.05) is 6.07 Å². The lowest BCUT2D eigenvalue weighted by molar-refractivity contribution is -0.141. The molecular weight excluding hydrogens is 284 g/mol. The van der Waals surface area contributed by atoms with Crippen LogP contribution in [0.1, 0.15) is 6.42 Å².